The fourth-order valence-electron chi connectivity index (χ4n) is 3.72. The molecule has 1 amide bonds. The maximum atomic E-state index is 12.8. The van der Waals surface area contributed by atoms with Gasteiger partial charge in [0.2, 0.25) is 28.8 Å². The van der Waals surface area contributed by atoms with Crippen molar-refractivity contribution in [3.63, 3.8) is 0 Å². The van der Waals surface area contributed by atoms with Gasteiger partial charge in [0, 0.05) is 25.5 Å². The van der Waals surface area contributed by atoms with Crippen LogP contribution >= 0.6 is 0 Å². The molecular weight excluding hydrogens is 470 g/mol. The van der Waals surface area contributed by atoms with Crippen molar-refractivity contribution in [2.45, 2.75) is 32.1 Å². The summed E-state index contributed by atoms with van der Waals surface area (Å²) in [6, 6.07) is 9.13. The smallest absolute Gasteiger partial charge is 0.238 e. The molecule has 11 heteroatoms. The zero-order valence-electron chi connectivity index (χ0n) is 19.7. The number of amides is 1. The lowest BCUT2D eigenvalue weighted by molar-refractivity contribution is -0.121. The first-order chi connectivity index (χ1) is 17.4. The molecule has 1 aromatic carbocycles. The number of phenolic OH excluding ortho intramolecular Hbond substituents is 1. The molecule has 188 valence electrons. The minimum absolute atomic E-state index is 0.0424. The number of benzene rings is 1. The quantitative estimate of drug-likeness (QED) is 0.278. The van der Waals surface area contributed by atoms with Crippen molar-refractivity contribution in [2.75, 3.05) is 13.7 Å². The van der Waals surface area contributed by atoms with Crippen LogP contribution in [0, 0.1) is 6.92 Å². The van der Waals surface area contributed by atoms with Gasteiger partial charge in [-0.25, -0.2) is 0 Å². The van der Waals surface area contributed by atoms with E-state index in [-0.39, 0.29) is 35.3 Å². The molecule has 3 aromatic heterocycles. The van der Waals surface area contributed by atoms with Gasteiger partial charge in [-0.1, -0.05) is 11.2 Å². The summed E-state index contributed by atoms with van der Waals surface area (Å²) in [7, 11) is 1.39. The van der Waals surface area contributed by atoms with Crippen LogP contribution in [-0.2, 0) is 11.2 Å². The SMILES string of the molecule is COc1cc([C@@H](CC(=O)NCCCc2nc(-c3ccco3)no2)c2oc(C)cc(=O)c2O)ccc1O. The van der Waals surface area contributed by atoms with Gasteiger partial charge in [-0.15, -0.1) is 0 Å². The number of nitrogens with one attached hydrogen (secondary N) is 1. The normalized spacial score (nSPS) is 11.8. The van der Waals surface area contributed by atoms with Crippen LogP contribution in [0.4, 0.5) is 0 Å². The summed E-state index contributed by atoms with van der Waals surface area (Å²) in [5, 5.41) is 27.0. The summed E-state index contributed by atoms with van der Waals surface area (Å²) < 4.78 is 21.3. The van der Waals surface area contributed by atoms with Crippen LogP contribution < -0.4 is 15.5 Å². The predicted molar refractivity (Wildman–Crippen MR) is 126 cm³/mol. The Balaban J connectivity index is 1.44. The maximum absolute atomic E-state index is 12.8. The molecule has 0 aliphatic rings. The number of carbonyl (C=O) groups is 1. The fourth-order valence-corrected chi connectivity index (χ4v) is 3.72. The van der Waals surface area contributed by atoms with E-state index in [0.717, 1.165) is 0 Å². The first kappa shape index (κ1) is 24.6. The van der Waals surface area contributed by atoms with E-state index in [1.807, 2.05) is 0 Å². The van der Waals surface area contributed by atoms with Crippen LogP contribution in [0.2, 0.25) is 0 Å². The Morgan fingerprint density at radius 1 is 1.22 bits per heavy atom. The number of furan rings is 1. The first-order valence-corrected chi connectivity index (χ1v) is 11.2. The highest BCUT2D eigenvalue weighted by Gasteiger charge is 2.26. The van der Waals surface area contributed by atoms with E-state index in [9.17, 15) is 19.8 Å². The number of rotatable bonds is 10. The second-order valence-corrected chi connectivity index (χ2v) is 8.06. The Labute approximate surface area is 205 Å². The highest BCUT2D eigenvalue weighted by Crippen LogP contribution is 2.37. The number of aromatic hydroxyl groups is 2. The van der Waals surface area contributed by atoms with Crippen LogP contribution in [0.5, 0.6) is 17.2 Å². The minimum Gasteiger partial charge on any atom is -0.504 e. The van der Waals surface area contributed by atoms with E-state index in [4.69, 9.17) is 18.1 Å². The fraction of sp³-hybridized carbons (Fsp3) is 0.280. The third-order valence-corrected chi connectivity index (χ3v) is 5.48. The number of aromatic nitrogens is 2. The molecule has 1 atom stereocenters. The molecule has 3 N–H and O–H groups in total. The van der Waals surface area contributed by atoms with E-state index >= 15 is 0 Å². The van der Waals surface area contributed by atoms with Gasteiger partial charge in [-0.3, -0.25) is 9.59 Å². The zero-order valence-corrected chi connectivity index (χ0v) is 19.7. The van der Waals surface area contributed by atoms with Crippen molar-refractivity contribution in [3.05, 3.63) is 75.9 Å². The van der Waals surface area contributed by atoms with Gasteiger partial charge in [-0.2, -0.15) is 4.98 Å². The molecular formula is C25H25N3O8. The van der Waals surface area contributed by atoms with Crippen molar-refractivity contribution in [3.8, 4) is 28.8 Å². The van der Waals surface area contributed by atoms with Crippen molar-refractivity contribution >= 4 is 5.91 Å². The maximum Gasteiger partial charge on any atom is 0.238 e. The van der Waals surface area contributed by atoms with Crippen LogP contribution in [0.25, 0.3) is 11.6 Å². The molecule has 11 nitrogen and oxygen atoms in total. The number of methoxy groups -OCH3 is 1. The van der Waals surface area contributed by atoms with E-state index in [0.29, 0.717) is 42.4 Å². The van der Waals surface area contributed by atoms with Gasteiger partial charge in [0.25, 0.3) is 0 Å². The van der Waals surface area contributed by atoms with Crippen LogP contribution in [0.1, 0.15) is 41.7 Å². The number of hydrogen-bond donors (Lipinski definition) is 3. The number of aryl methyl sites for hydroxylation is 2. The van der Waals surface area contributed by atoms with Crippen LogP contribution in [0.3, 0.4) is 0 Å². The minimum atomic E-state index is -0.807. The third-order valence-electron chi connectivity index (χ3n) is 5.48. The molecule has 36 heavy (non-hydrogen) atoms. The lowest BCUT2D eigenvalue weighted by Crippen LogP contribution is -2.27. The van der Waals surface area contributed by atoms with Gasteiger partial charge >= 0.3 is 0 Å². The summed E-state index contributed by atoms with van der Waals surface area (Å²) in [4.78, 5) is 29.3. The zero-order chi connectivity index (χ0) is 25.7. The van der Waals surface area contributed by atoms with Crippen molar-refractivity contribution < 1.29 is 33.1 Å². The number of ether oxygens (including phenoxy) is 1. The Morgan fingerprint density at radius 3 is 2.81 bits per heavy atom. The number of phenols is 1. The topological polar surface area (TPSA) is 161 Å². The molecule has 0 saturated carbocycles. The predicted octanol–water partition coefficient (Wildman–Crippen LogP) is 3.28. The van der Waals surface area contributed by atoms with E-state index in [1.54, 1.807) is 25.1 Å². The summed E-state index contributed by atoms with van der Waals surface area (Å²) in [6.45, 7) is 1.90. The summed E-state index contributed by atoms with van der Waals surface area (Å²) >= 11 is 0. The van der Waals surface area contributed by atoms with Gasteiger partial charge in [-0.05, 0) is 43.2 Å². The van der Waals surface area contributed by atoms with E-state index in [2.05, 4.69) is 15.5 Å². The molecule has 0 saturated heterocycles. The molecule has 0 aliphatic heterocycles. The summed E-state index contributed by atoms with van der Waals surface area (Å²) in [6.07, 6.45) is 2.37. The third kappa shape index (κ3) is 5.57. The average Bonchev–Trinajstić information content (AvgIpc) is 3.55. The molecule has 0 fully saturated rings. The molecule has 3 heterocycles. The van der Waals surface area contributed by atoms with Gasteiger partial charge in [0.05, 0.1) is 19.3 Å². The van der Waals surface area contributed by atoms with Crippen molar-refractivity contribution in [1.29, 1.82) is 0 Å². The second kappa shape index (κ2) is 10.8. The lowest BCUT2D eigenvalue weighted by Gasteiger charge is -2.19. The van der Waals surface area contributed by atoms with Gasteiger partial charge < -0.3 is 33.6 Å². The summed E-state index contributed by atoms with van der Waals surface area (Å²) in [5.41, 5.74) is -0.0986. The molecule has 0 bridgehead atoms. The monoisotopic (exact) mass is 495 g/mol. The lowest BCUT2D eigenvalue weighted by atomic mass is 9.91. The molecule has 0 aliphatic carbocycles. The number of carbonyl (C=O) groups excluding carboxylic acids is 1. The first-order valence-electron chi connectivity index (χ1n) is 11.2. The molecule has 0 radical (unpaired) electrons. The van der Waals surface area contributed by atoms with Crippen molar-refractivity contribution in [1.82, 2.24) is 15.5 Å². The Kier molecular flexibility index (Phi) is 7.38. The molecule has 4 rings (SSSR count). The standard InChI is InChI=1S/C25H25N3O8/c1-14-11-18(30)23(32)24(35-14)16(15-7-8-17(29)20(12-15)33-2)13-21(31)26-9-3-6-22-27-25(28-36-22)19-5-4-10-34-19/h4-5,7-8,10-12,16,29,32H,3,6,9,13H2,1-2H3,(H,26,31)/t16-/m1/s1. The molecule has 0 spiro atoms. The number of hydrogen-bond acceptors (Lipinski definition) is 10. The Bertz CT molecular complexity index is 1390. The van der Waals surface area contributed by atoms with Gasteiger partial charge in [0.1, 0.15) is 5.76 Å². The van der Waals surface area contributed by atoms with E-state index < -0.39 is 17.1 Å². The molecule has 0 unspecified atom stereocenters. The largest absolute Gasteiger partial charge is 0.504 e. The average molecular weight is 495 g/mol. The van der Waals surface area contributed by atoms with E-state index in [1.165, 1.54) is 31.6 Å². The highest BCUT2D eigenvalue weighted by molar-refractivity contribution is 5.77. The second-order valence-electron chi connectivity index (χ2n) is 8.06. The Hall–Kier alpha value is -4.54. The van der Waals surface area contributed by atoms with Gasteiger partial charge in [0.15, 0.2) is 23.0 Å². The highest BCUT2D eigenvalue weighted by atomic mass is 16.5. The summed E-state index contributed by atoms with van der Waals surface area (Å²) in [5.74, 6) is -0.110. The van der Waals surface area contributed by atoms with Crippen molar-refractivity contribution in [2.24, 2.45) is 0 Å². The van der Waals surface area contributed by atoms with Crippen LogP contribution in [-0.4, -0.2) is 39.9 Å². The number of nitrogens with zero attached hydrogens (tertiary/aromatic N) is 2. The van der Waals surface area contributed by atoms with Crippen LogP contribution in [0.15, 0.2) is 60.8 Å². The molecule has 4 aromatic rings. The Morgan fingerprint density at radius 2 is 2.06 bits per heavy atom.